The lowest BCUT2D eigenvalue weighted by atomic mass is 10.1. The number of carbonyl (C=O) groups is 2. The smallest absolute Gasteiger partial charge is 0.414 e. The van der Waals surface area contributed by atoms with Crippen LogP contribution in [0.4, 0.5) is 4.79 Å². The Labute approximate surface area is 100.0 Å². The second-order valence-electron chi connectivity index (χ2n) is 3.42. The van der Waals surface area contributed by atoms with E-state index in [1.807, 2.05) is 0 Å². The largest absolute Gasteiger partial charge is 0.452 e. The van der Waals surface area contributed by atoms with Crippen molar-refractivity contribution in [3.05, 3.63) is 36.8 Å². The summed E-state index contributed by atoms with van der Waals surface area (Å²) in [5, 5.41) is 0. The summed E-state index contributed by atoms with van der Waals surface area (Å²) < 4.78 is 9.71. The van der Waals surface area contributed by atoms with Gasteiger partial charge in [-0.1, -0.05) is 6.08 Å². The van der Waals surface area contributed by atoms with Gasteiger partial charge in [-0.25, -0.2) is 4.79 Å². The number of carbonyl (C=O) groups excluding carboxylic acids is 2. The van der Waals surface area contributed by atoms with E-state index in [0.29, 0.717) is 12.2 Å². The maximum atomic E-state index is 11.5. The molecule has 0 bridgehead atoms. The van der Waals surface area contributed by atoms with E-state index >= 15 is 0 Å². The first-order valence-electron chi connectivity index (χ1n) is 5.14. The average Bonchev–Trinajstić information content (AvgIpc) is 2.30. The number of allylic oxidation sites excluding steroid dienone is 2. The Balaban J connectivity index is 2.92. The van der Waals surface area contributed by atoms with Crippen LogP contribution in [-0.4, -0.2) is 30.1 Å². The number of hydrogen-bond acceptors (Lipinski definition) is 4. The molecule has 0 spiro atoms. The first kappa shape index (κ1) is 13.0. The highest BCUT2D eigenvalue weighted by Gasteiger charge is 2.28. The number of rotatable bonds is 3. The standard InChI is InChI=1S/C12H15NO4/c1-4-6-10-11(17-9(2)14)7-5-8-13(10)12(15)16-3/h4-5,7-8,10H,1,6H2,2-3H3. The van der Waals surface area contributed by atoms with Gasteiger partial charge in [-0.3, -0.25) is 9.69 Å². The van der Waals surface area contributed by atoms with Crippen LogP contribution in [0.5, 0.6) is 0 Å². The second-order valence-corrected chi connectivity index (χ2v) is 3.42. The summed E-state index contributed by atoms with van der Waals surface area (Å²) in [6.07, 6.45) is 6.46. The Hall–Kier alpha value is -2.04. The number of methoxy groups -OCH3 is 1. The van der Waals surface area contributed by atoms with Gasteiger partial charge < -0.3 is 9.47 Å². The average molecular weight is 237 g/mol. The zero-order valence-corrected chi connectivity index (χ0v) is 9.88. The number of ether oxygens (including phenoxy) is 2. The Morgan fingerprint density at radius 1 is 1.59 bits per heavy atom. The Kier molecular flexibility index (Phi) is 4.51. The molecule has 0 aromatic carbocycles. The molecular weight excluding hydrogens is 222 g/mol. The van der Waals surface area contributed by atoms with Gasteiger partial charge in [-0.15, -0.1) is 6.58 Å². The Morgan fingerprint density at radius 3 is 2.82 bits per heavy atom. The van der Waals surface area contributed by atoms with Gasteiger partial charge >= 0.3 is 12.1 Å². The van der Waals surface area contributed by atoms with Crippen molar-refractivity contribution in [2.24, 2.45) is 0 Å². The molecule has 0 N–H and O–H groups in total. The molecule has 0 radical (unpaired) electrons. The van der Waals surface area contributed by atoms with Gasteiger partial charge in [0.1, 0.15) is 11.8 Å². The molecule has 1 rings (SSSR count). The first-order chi connectivity index (χ1) is 8.10. The van der Waals surface area contributed by atoms with Crippen molar-refractivity contribution in [3.8, 4) is 0 Å². The topological polar surface area (TPSA) is 55.8 Å². The van der Waals surface area contributed by atoms with Crippen LogP contribution in [0.1, 0.15) is 13.3 Å². The highest BCUT2D eigenvalue weighted by molar-refractivity contribution is 5.71. The van der Waals surface area contributed by atoms with Gasteiger partial charge in [0.2, 0.25) is 0 Å². The zero-order chi connectivity index (χ0) is 12.8. The van der Waals surface area contributed by atoms with E-state index in [4.69, 9.17) is 4.74 Å². The molecule has 1 heterocycles. The van der Waals surface area contributed by atoms with Gasteiger partial charge in [0, 0.05) is 13.1 Å². The molecule has 1 aliphatic rings. The van der Waals surface area contributed by atoms with Crippen molar-refractivity contribution < 1.29 is 19.1 Å². The molecule has 0 aliphatic carbocycles. The molecule has 0 saturated heterocycles. The van der Waals surface area contributed by atoms with E-state index in [1.54, 1.807) is 24.4 Å². The van der Waals surface area contributed by atoms with Crippen molar-refractivity contribution in [1.29, 1.82) is 0 Å². The lowest BCUT2D eigenvalue weighted by Gasteiger charge is -2.30. The predicted octanol–water partition coefficient (Wildman–Crippen LogP) is 1.97. The minimum Gasteiger partial charge on any atom is -0.452 e. The summed E-state index contributed by atoms with van der Waals surface area (Å²) >= 11 is 0. The molecule has 1 amide bonds. The van der Waals surface area contributed by atoms with Gasteiger partial charge in [-0.05, 0) is 18.6 Å². The molecule has 0 aromatic rings. The molecule has 1 unspecified atom stereocenters. The molecular formula is C12H15NO4. The lowest BCUT2D eigenvalue weighted by Crippen LogP contribution is -2.39. The molecule has 5 heteroatoms. The van der Waals surface area contributed by atoms with Crippen LogP contribution in [0.25, 0.3) is 0 Å². The number of amides is 1. The van der Waals surface area contributed by atoms with E-state index in [-0.39, 0.29) is 0 Å². The maximum Gasteiger partial charge on any atom is 0.414 e. The van der Waals surface area contributed by atoms with E-state index < -0.39 is 18.1 Å². The van der Waals surface area contributed by atoms with Crippen molar-refractivity contribution in [3.63, 3.8) is 0 Å². The minimum atomic E-state index is -0.508. The van der Waals surface area contributed by atoms with Crippen molar-refractivity contribution >= 4 is 12.1 Å². The van der Waals surface area contributed by atoms with Crippen molar-refractivity contribution in [2.45, 2.75) is 19.4 Å². The van der Waals surface area contributed by atoms with E-state index in [0.717, 1.165) is 0 Å². The molecule has 1 aliphatic heterocycles. The molecule has 0 aromatic heterocycles. The van der Waals surface area contributed by atoms with Crippen molar-refractivity contribution in [2.75, 3.05) is 7.11 Å². The van der Waals surface area contributed by atoms with Crippen LogP contribution in [0.15, 0.2) is 36.8 Å². The fourth-order valence-corrected chi connectivity index (χ4v) is 1.53. The van der Waals surface area contributed by atoms with Crippen LogP contribution in [-0.2, 0) is 14.3 Å². The predicted molar refractivity (Wildman–Crippen MR) is 61.8 cm³/mol. The highest BCUT2D eigenvalue weighted by Crippen LogP contribution is 2.22. The first-order valence-corrected chi connectivity index (χ1v) is 5.14. The number of esters is 1. The molecule has 0 fully saturated rings. The van der Waals surface area contributed by atoms with Crippen LogP contribution in [0.3, 0.4) is 0 Å². The fourth-order valence-electron chi connectivity index (χ4n) is 1.53. The third kappa shape index (κ3) is 3.21. The number of hydrogen-bond donors (Lipinski definition) is 0. The van der Waals surface area contributed by atoms with Crippen LogP contribution in [0.2, 0.25) is 0 Å². The third-order valence-corrected chi connectivity index (χ3v) is 2.21. The SMILES string of the molecule is C=CCC1C(OC(C)=O)=CC=CN1C(=O)OC. The molecule has 5 nitrogen and oxygen atoms in total. The third-order valence-electron chi connectivity index (χ3n) is 2.21. The minimum absolute atomic E-state index is 0.395. The van der Waals surface area contributed by atoms with Gasteiger partial charge in [0.25, 0.3) is 0 Å². The normalized spacial score (nSPS) is 18.4. The van der Waals surface area contributed by atoms with Crippen LogP contribution >= 0.6 is 0 Å². The van der Waals surface area contributed by atoms with Crippen LogP contribution < -0.4 is 0 Å². The Morgan fingerprint density at radius 2 is 2.29 bits per heavy atom. The van der Waals surface area contributed by atoms with Crippen molar-refractivity contribution in [1.82, 2.24) is 4.90 Å². The van der Waals surface area contributed by atoms with E-state index in [2.05, 4.69) is 11.3 Å². The monoisotopic (exact) mass is 237 g/mol. The summed E-state index contributed by atoms with van der Waals surface area (Å²) in [7, 11) is 1.30. The van der Waals surface area contributed by atoms with Gasteiger partial charge in [0.05, 0.1) is 7.11 Å². The van der Waals surface area contributed by atoms with E-state index in [1.165, 1.54) is 18.9 Å². The summed E-state index contributed by atoms with van der Waals surface area (Å²) in [6, 6.07) is -0.395. The van der Waals surface area contributed by atoms with Gasteiger partial charge in [-0.2, -0.15) is 0 Å². The zero-order valence-electron chi connectivity index (χ0n) is 9.88. The molecule has 17 heavy (non-hydrogen) atoms. The summed E-state index contributed by atoms with van der Waals surface area (Å²) in [4.78, 5) is 23.9. The molecule has 0 saturated carbocycles. The summed E-state index contributed by atoms with van der Waals surface area (Å²) in [6.45, 7) is 4.93. The van der Waals surface area contributed by atoms with Crippen LogP contribution in [0, 0.1) is 0 Å². The summed E-state index contributed by atoms with van der Waals surface area (Å²) in [5.74, 6) is -0.0178. The molecule has 92 valence electrons. The second kappa shape index (κ2) is 5.89. The Bertz CT molecular complexity index is 384. The summed E-state index contributed by atoms with van der Waals surface area (Å²) in [5.41, 5.74) is 0. The fraction of sp³-hybridized carbons (Fsp3) is 0.333. The number of nitrogens with zero attached hydrogens (tertiary/aromatic N) is 1. The lowest BCUT2D eigenvalue weighted by molar-refractivity contribution is -0.137. The highest BCUT2D eigenvalue weighted by atomic mass is 16.6. The maximum absolute atomic E-state index is 11.5. The quantitative estimate of drug-likeness (QED) is 0.556. The molecule has 1 atom stereocenters. The van der Waals surface area contributed by atoms with E-state index in [9.17, 15) is 9.59 Å². The van der Waals surface area contributed by atoms with Gasteiger partial charge in [0.15, 0.2) is 0 Å².